The van der Waals surface area contributed by atoms with Crippen LogP contribution in [0.4, 0.5) is 11.4 Å². The van der Waals surface area contributed by atoms with Gasteiger partial charge in [0.05, 0.1) is 24.0 Å². The Morgan fingerprint density at radius 1 is 0.816 bits per heavy atom. The van der Waals surface area contributed by atoms with Crippen molar-refractivity contribution in [2.45, 2.75) is 73.6 Å². The molecule has 2 rings (SSSR count). The fraction of sp³-hybridized carbons (Fsp3) is 0.533. The zero-order valence-corrected chi connectivity index (χ0v) is 25.7. The first-order valence-corrected chi connectivity index (χ1v) is 14.2. The summed E-state index contributed by atoms with van der Waals surface area (Å²) in [7, 11) is 1.64. The summed E-state index contributed by atoms with van der Waals surface area (Å²) < 4.78 is 10.8. The van der Waals surface area contributed by atoms with Crippen LogP contribution in [0.15, 0.2) is 36.4 Å². The minimum atomic E-state index is -0.317. The van der Waals surface area contributed by atoms with Crippen molar-refractivity contribution in [1.29, 1.82) is 0 Å². The number of carbonyl (C=O) groups is 2. The Labute approximate surface area is 239 Å². The summed E-state index contributed by atoms with van der Waals surface area (Å²) in [5.74, 6) is -0.290. The van der Waals surface area contributed by atoms with Crippen LogP contribution in [0, 0.1) is 13.8 Å². The number of aryl methyl sites for hydroxylation is 4. The highest BCUT2D eigenvalue weighted by atomic mass is 35.5. The second-order valence-electron chi connectivity index (χ2n) is 9.03. The van der Waals surface area contributed by atoms with E-state index >= 15 is 0 Å². The molecule has 212 valence electrons. The number of carbonyl (C=O) groups excluding carboxylic acids is 2. The van der Waals surface area contributed by atoms with E-state index < -0.39 is 0 Å². The summed E-state index contributed by atoms with van der Waals surface area (Å²) in [4.78, 5) is 27.8. The number of amides is 2. The number of hydrogen-bond acceptors (Lipinski definition) is 4. The molecular formula is C30H44Cl2N2O4. The Kier molecular flexibility index (Phi) is 15.6. The average molecular weight is 568 g/mol. The van der Waals surface area contributed by atoms with Gasteiger partial charge >= 0.3 is 0 Å². The minimum absolute atomic E-state index is 0.0223. The van der Waals surface area contributed by atoms with Gasteiger partial charge in [0, 0.05) is 13.7 Å². The van der Waals surface area contributed by atoms with E-state index in [1.54, 1.807) is 16.9 Å². The third-order valence-corrected chi connectivity index (χ3v) is 6.73. The van der Waals surface area contributed by atoms with E-state index in [0.29, 0.717) is 13.2 Å². The third-order valence-electron chi connectivity index (χ3n) is 6.27. The first-order chi connectivity index (χ1) is 18.1. The van der Waals surface area contributed by atoms with Gasteiger partial charge in [0.25, 0.3) is 0 Å². The molecule has 6 nitrogen and oxygen atoms in total. The number of anilines is 2. The van der Waals surface area contributed by atoms with E-state index in [0.717, 1.165) is 46.5 Å². The van der Waals surface area contributed by atoms with E-state index in [1.165, 1.54) is 0 Å². The number of rotatable bonds is 12. The molecule has 2 atom stereocenters. The number of halogens is 2. The largest absolute Gasteiger partial charge is 0.383 e. The molecule has 2 aromatic carbocycles. The lowest BCUT2D eigenvalue weighted by Crippen LogP contribution is -2.43. The van der Waals surface area contributed by atoms with Gasteiger partial charge in [-0.05, 0) is 69.7 Å². The van der Waals surface area contributed by atoms with Crippen molar-refractivity contribution < 1.29 is 19.1 Å². The number of para-hydroxylation sites is 2. The molecule has 0 aromatic heterocycles. The number of hydrogen-bond donors (Lipinski definition) is 0. The molecule has 0 spiro atoms. The number of ether oxygens (including phenoxy) is 2. The summed E-state index contributed by atoms with van der Waals surface area (Å²) in [6.45, 7) is 15.0. The molecule has 0 aliphatic rings. The SMILES string of the molecule is CCOC(C)N(C(=O)CCl)c1c(C)cccc1CC.CCc1cccc(C)c1N(C(=O)CCl)C(C)COC. The molecule has 2 unspecified atom stereocenters. The van der Waals surface area contributed by atoms with Crippen molar-refractivity contribution in [1.82, 2.24) is 0 Å². The summed E-state index contributed by atoms with van der Waals surface area (Å²) in [6.07, 6.45) is 1.42. The molecule has 8 heteroatoms. The Bertz CT molecular complexity index is 950. The molecule has 0 heterocycles. The molecule has 0 aliphatic heterocycles. The first kappa shape index (κ1) is 33.9. The quantitative estimate of drug-likeness (QED) is 0.212. The Morgan fingerprint density at radius 3 is 1.66 bits per heavy atom. The predicted octanol–water partition coefficient (Wildman–Crippen LogP) is 6.68. The molecule has 2 amide bonds. The normalized spacial score (nSPS) is 12.3. The van der Waals surface area contributed by atoms with Crippen molar-refractivity contribution >= 4 is 46.4 Å². The van der Waals surface area contributed by atoms with E-state index in [-0.39, 0.29) is 35.8 Å². The van der Waals surface area contributed by atoms with Crippen LogP contribution in [-0.2, 0) is 31.9 Å². The monoisotopic (exact) mass is 566 g/mol. The molecule has 0 radical (unpaired) electrons. The van der Waals surface area contributed by atoms with E-state index in [2.05, 4.69) is 19.9 Å². The first-order valence-electron chi connectivity index (χ1n) is 13.2. The molecule has 0 fully saturated rings. The van der Waals surface area contributed by atoms with Gasteiger partial charge in [-0.25, -0.2) is 0 Å². The second-order valence-corrected chi connectivity index (χ2v) is 9.56. The predicted molar refractivity (Wildman–Crippen MR) is 160 cm³/mol. The van der Waals surface area contributed by atoms with Crippen molar-refractivity contribution in [3.8, 4) is 0 Å². The molecule has 0 bridgehead atoms. The second kappa shape index (κ2) is 17.5. The zero-order valence-electron chi connectivity index (χ0n) is 24.1. The summed E-state index contributed by atoms with van der Waals surface area (Å²) >= 11 is 11.5. The maximum absolute atomic E-state index is 12.2. The molecule has 2 aromatic rings. The summed E-state index contributed by atoms with van der Waals surface area (Å²) in [5.41, 5.74) is 6.33. The summed E-state index contributed by atoms with van der Waals surface area (Å²) in [5, 5.41) is 0. The topological polar surface area (TPSA) is 59.1 Å². The lowest BCUT2D eigenvalue weighted by Gasteiger charge is -2.31. The van der Waals surface area contributed by atoms with Gasteiger partial charge in [0.1, 0.15) is 18.0 Å². The van der Waals surface area contributed by atoms with Crippen LogP contribution in [0.5, 0.6) is 0 Å². The van der Waals surface area contributed by atoms with Gasteiger partial charge < -0.3 is 14.4 Å². The van der Waals surface area contributed by atoms with Gasteiger partial charge in [-0.1, -0.05) is 50.2 Å². The molecule has 0 saturated carbocycles. The molecule has 0 N–H and O–H groups in total. The van der Waals surface area contributed by atoms with Crippen molar-refractivity contribution in [2.24, 2.45) is 0 Å². The number of benzene rings is 2. The van der Waals surface area contributed by atoms with Crippen LogP contribution >= 0.6 is 23.2 Å². The van der Waals surface area contributed by atoms with Crippen LogP contribution in [0.3, 0.4) is 0 Å². The molecule has 0 aliphatic carbocycles. The van der Waals surface area contributed by atoms with Gasteiger partial charge in [-0.3, -0.25) is 14.5 Å². The van der Waals surface area contributed by atoms with Gasteiger partial charge in [0.2, 0.25) is 11.8 Å². The van der Waals surface area contributed by atoms with Crippen LogP contribution in [-0.4, -0.2) is 56.2 Å². The van der Waals surface area contributed by atoms with Crippen LogP contribution < -0.4 is 9.80 Å². The highest BCUT2D eigenvalue weighted by Crippen LogP contribution is 2.29. The minimum Gasteiger partial charge on any atom is -0.383 e. The zero-order chi connectivity index (χ0) is 28.8. The van der Waals surface area contributed by atoms with E-state index in [4.69, 9.17) is 32.7 Å². The highest BCUT2D eigenvalue weighted by molar-refractivity contribution is 6.30. The van der Waals surface area contributed by atoms with Crippen LogP contribution in [0.1, 0.15) is 56.9 Å². The lowest BCUT2D eigenvalue weighted by molar-refractivity contribution is -0.119. The maximum Gasteiger partial charge on any atom is 0.244 e. The average Bonchev–Trinajstić information content (AvgIpc) is 2.91. The van der Waals surface area contributed by atoms with E-state index in [9.17, 15) is 9.59 Å². The standard InChI is InChI=1S/2C15H22ClNO2/c1-5-13-8-6-7-11(2)15(13)17(14(18)9-16)12(3)10-19-4;1-5-13-9-7-8-11(3)15(13)17(14(18)10-16)12(4)19-6-2/h6-8,12H,5,9-10H2,1-4H3;7-9,12H,5-6,10H2,1-4H3. The van der Waals surface area contributed by atoms with Crippen LogP contribution in [0.2, 0.25) is 0 Å². The summed E-state index contributed by atoms with van der Waals surface area (Å²) in [6, 6.07) is 12.1. The van der Waals surface area contributed by atoms with Gasteiger partial charge in [0.15, 0.2) is 0 Å². The number of nitrogens with zero attached hydrogens (tertiary/aromatic N) is 2. The molecular weight excluding hydrogens is 523 g/mol. The Hall–Kier alpha value is -2.12. The van der Waals surface area contributed by atoms with Crippen LogP contribution in [0.25, 0.3) is 0 Å². The smallest absolute Gasteiger partial charge is 0.244 e. The fourth-order valence-electron chi connectivity index (χ4n) is 4.56. The number of methoxy groups -OCH3 is 1. The fourth-order valence-corrected chi connectivity index (χ4v) is 4.82. The lowest BCUT2D eigenvalue weighted by atomic mass is 10.0. The Balaban J connectivity index is 0.000000380. The molecule has 0 saturated heterocycles. The highest BCUT2D eigenvalue weighted by Gasteiger charge is 2.26. The van der Waals surface area contributed by atoms with Crippen molar-refractivity contribution in [2.75, 3.05) is 41.9 Å². The number of alkyl halides is 2. The third kappa shape index (κ3) is 8.98. The Morgan fingerprint density at radius 2 is 1.26 bits per heavy atom. The van der Waals surface area contributed by atoms with E-state index in [1.807, 2.05) is 65.0 Å². The molecule has 38 heavy (non-hydrogen) atoms. The van der Waals surface area contributed by atoms with Gasteiger partial charge in [-0.2, -0.15) is 0 Å². The van der Waals surface area contributed by atoms with Gasteiger partial charge in [-0.15, -0.1) is 23.2 Å². The maximum atomic E-state index is 12.2. The van der Waals surface area contributed by atoms with Crippen molar-refractivity contribution in [3.05, 3.63) is 58.7 Å². The van der Waals surface area contributed by atoms with Crippen molar-refractivity contribution in [3.63, 3.8) is 0 Å².